The van der Waals surface area contributed by atoms with Crippen LogP contribution in [0.5, 0.6) is 0 Å². The molecule has 3 rings (SSSR count). The average Bonchev–Trinajstić information content (AvgIpc) is 2.86. The summed E-state index contributed by atoms with van der Waals surface area (Å²) in [5.74, 6) is 0.879. The fraction of sp³-hybridized carbons (Fsp3) is 0.222. The Bertz CT molecular complexity index is 867. The van der Waals surface area contributed by atoms with E-state index in [9.17, 15) is 0 Å². The molecule has 0 saturated heterocycles. The zero-order valence-electron chi connectivity index (χ0n) is 12.8. The quantitative estimate of drug-likeness (QED) is 0.806. The molecule has 0 aliphatic carbocycles. The standard InChI is InChI=1S/C18H18N4/c1-12-7-16-17(8-13(12)2)22(18(10-20)21-16)11-15-5-3-14(9-19)4-6-15/h3-8H,10-11,20H2,1-2H3. The van der Waals surface area contributed by atoms with Crippen LogP contribution in [0.3, 0.4) is 0 Å². The average molecular weight is 290 g/mol. The van der Waals surface area contributed by atoms with E-state index >= 15 is 0 Å². The third-order valence-corrected chi connectivity index (χ3v) is 4.05. The monoisotopic (exact) mass is 290 g/mol. The number of nitriles is 1. The number of rotatable bonds is 3. The molecule has 2 N–H and O–H groups in total. The van der Waals surface area contributed by atoms with E-state index < -0.39 is 0 Å². The van der Waals surface area contributed by atoms with Crippen molar-refractivity contribution in [3.63, 3.8) is 0 Å². The van der Waals surface area contributed by atoms with Crippen LogP contribution < -0.4 is 5.73 Å². The van der Waals surface area contributed by atoms with Crippen LogP contribution in [-0.2, 0) is 13.1 Å². The van der Waals surface area contributed by atoms with Crippen LogP contribution >= 0.6 is 0 Å². The van der Waals surface area contributed by atoms with E-state index in [1.165, 1.54) is 11.1 Å². The van der Waals surface area contributed by atoms with Crippen LogP contribution in [0, 0.1) is 25.2 Å². The Balaban J connectivity index is 2.08. The summed E-state index contributed by atoms with van der Waals surface area (Å²) in [6, 6.07) is 14.1. The van der Waals surface area contributed by atoms with Crippen molar-refractivity contribution >= 4 is 11.0 Å². The van der Waals surface area contributed by atoms with Crippen molar-refractivity contribution in [1.29, 1.82) is 5.26 Å². The predicted octanol–water partition coefficient (Wildman–Crippen LogP) is 3.03. The predicted molar refractivity (Wildman–Crippen MR) is 87.4 cm³/mol. The third kappa shape index (κ3) is 2.47. The van der Waals surface area contributed by atoms with E-state index in [1.807, 2.05) is 24.3 Å². The molecule has 0 radical (unpaired) electrons. The first-order chi connectivity index (χ1) is 10.6. The molecule has 4 heteroatoms. The van der Waals surface area contributed by atoms with Gasteiger partial charge in [-0.3, -0.25) is 0 Å². The summed E-state index contributed by atoms with van der Waals surface area (Å²) in [7, 11) is 0. The number of hydrogen-bond donors (Lipinski definition) is 1. The van der Waals surface area contributed by atoms with Crippen molar-refractivity contribution in [2.24, 2.45) is 5.73 Å². The lowest BCUT2D eigenvalue weighted by atomic mass is 10.1. The van der Waals surface area contributed by atoms with Gasteiger partial charge in [-0.2, -0.15) is 5.26 Å². The Kier molecular flexibility index (Phi) is 3.66. The largest absolute Gasteiger partial charge is 0.324 e. The Hall–Kier alpha value is -2.64. The Labute approximate surface area is 129 Å². The molecule has 1 aromatic heterocycles. The number of aromatic nitrogens is 2. The van der Waals surface area contributed by atoms with E-state index in [-0.39, 0.29) is 0 Å². The summed E-state index contributed by atoms with van der Waals surface area (Å²) < 4.78 is 2.16. The van der Waals surface area contributed by atoms with Crippen molar-refractivity contribution in [1.82, 2.24) is 9.55 Å². The zero-order valence-corrected chi connectivity index (χ0v) is 12.8. The molecule has 0 spiro atoms. The molecular formula is C18H18N4. The molecule has 4 nitrogen and oxygen atoms in total. The van der Waals surface area contributed by atoms with E-state index in [0.29, 0.717) is 18.7 Å². The van der Waals surface area contributed by atoms with Crippen LogP contribution in [0.25, 0.3) is 11.0 Å². The minimum Gasteiger partial charge on any atom is -0.324 e. The van der Waals surface area contributed by atoms with Gasteiger partial charge in [-0.15, -0.1) is 0 Å². The molecule has 0 saturated carbocycles. The summed E-state index contributed by atoms with van der Waals surface area (Å²) in [5.41, 5.74) is 12.2. The minimum absolute atomic E-state index is 0.406. The van der Waals surface area contributed by atoms with Gasteiger partial charge in [-0.25, -0.2) is 4.98 Å². The maximum atomic E-state index is 8.88. The maximum Gasteiger partial charge on any atom is 0.123 e. The van der Waals surface area contributed by atoms with Gasteiger partial charge in [0.15, 0.2) is 0 Å². The van der Waals surface area contributed by atoms with Crippen molar-refractivity contribution in [2.75, 3.05) is 0 Å². The van der Waals surface area contributed by atoms with Gasteiger partial charge < -0.3 is 10.3 Å². The Morgan fingerprint density at radius 1 is 1.14 bits per heavy atom. The normalized spacial score (nSPS) is 10.8. The summed E-state index contributed by atoms with van der Waals surface area (Å²) in [6.07, 6.45) is 0. The van der Waals surface area contributed by atoms with E-state index in [4.69, 9.17) is 11.0 Å². The molecule has 22 heavy (non-hydrogen) atoms. The smallest absolute Gasteiger partial charge is 0.123 e. The van der Waals surface area contributed by atoms with Crippen LogP contribution in [0.2, 0.25) is 0 Å². The molecule has 0 bridgehead atoms. The first kappa shape index (κ1) is 14.3. The Morgan fingerprint density at radius 3 is 2.45 bits per heavy atom. The lowest BCUT2D eigenvalue weighted by Crippen LogP contribution is -2.09. The van der Waals surface area contributed by atoms with Crippen molar-refractivity contribution < 1.29 is 0 Å². The number of nitrogens with zero attached hydrogens (tertiary/aromatic N) is 3. The van der Waals surface area contributed by atoms with Gasteiger partial charge in [-0.1, -0.05) is 12.1 Å². The van der Waals surface area contributed by atoms with E-state index in [0.717, 1.165) is 22.4 Å². The maximum absolute atomic E-state index is 8.88. The molecule has 0 aliphatic rings. The van der Waals surface area contributed by atoms with Gasteiger partial charge in [0.05, 0.1) is 29.2 Å². The highest BCUT2D eigenvalue weighted by Gasteiger charge is 2.11. The van der Waals surface area contributed by atoms with E-state index in [2.05, 4.69) is 41.6 Å². The van der Waals surface area contributed by atoms with Crippen LogP contribution in [-0.4, -0.2) is 9.55 Å². The number of hydrogen-bond acceptors (Lipinski definition) is 3. The highest BCUT2D eigenvalue weighted by atomic mass is 15.1. The molecule has 0 amide bonds. The molecule has 1 heterocycles. The number of nitrogens with two attached hydrogens (primary N) is 1. The zero-order chi connectivity index (χ0) is 15.7. The van der Waals surface area contributed by atoms with Crippen molar-refractivity contribution in [3.8, 4) is 6.07 Å². The second-order valence-electron chi connectivity index (χ2n) is 5.55. The minimum atomic E-state index is 0.406. The fourth-order valence-corrected chi connectivity index (χ4v) is 2.63. The van der Waals surface area contributed by atoms with E-state index in [1.54, 1.807) is 0 Å². The lowest BCUT2D eigenvalue weighted by molar-refractivity contribution is 0.743. The van der Waals surface area contributed by atoms with Crippen molar-refractivity contribution in [3.05, 3.63) is 64.5 Å². The third-order valence-electron chi connectivity index (χ3n) is 4.05. The van der Waals surface area contributed by atoms with Crippen LogP contribution in [0.4, 0.5) is 0 Å². The number of aryl methyl sites for hydroxylation is 2. The lowest BCUT2D eigenvalue weighted by Gasteiger charge is -2.09. The first-order valence-electron chi connectivity index (χ1n) is 7.28. The summed E-state index contributed by atoms with van der Waals surface area (Å²) >= 11 is 0. The first-order valence-corrected chi connectivity index (χ1v) is 7.28. The summed E-state index contributed by atoms with van der Waals surface area (Å²) in [4.78, 5) is 4.65. The topological polar surface area (TPSA) is 67.6 Å². The molecule has 0 atom stereocenters. The van der Waals surface area contributed by atoms with Gasteiger partial charge in [0.2, 0.25) is 0 Å². The van der Waals surface area contributed by atoms with Gasteiger partial charge in [-0.05, 0) is 54.8 Å². The van der Waals surface area contributed by atoms with Crippen LogP contribution in [0.1, 0.15) is 28.1 Å². The number of imidazole rings is 1. The number of fused-ring (bicyclic) bond motifs is 1. The Morgan fingerprint density at radius 2 is 1.82 bits per heavy atom. The van der Waals surface area contributed by atoms with Gasteiger partial charge in [0.1, 0.15) is 5.82 Å². The highest BCUT2D eigenvalue weighted by Crippen LogP contribution is 2.22. The van der Waals surface area contributed by atoms with Crippen molar-refractivity contribution in [2.45, 2.75) is 26.9 Å². The summed E-state index contributed by atoms with van der Waals surface area (Å²) in [6.45, 7) is 5.31. The second-order valence-corrected chi connectivity index (χ2v) is 5.55. The number of benzene rings is 2. The molecule has 3 aromatic rings. The molecule has 110 valence electrons. The molecule has 0 aliphatic heterocycles. The molecule has 2 aromatic carbocycles. The summed E-state index contributed by atoms with van der Waals surface area (Å²) in [5, 5.41) is 8.88. The van der Waals surface area contributed by atoms with Gasteiger partial charge in [0, 0.05) is 6.54 Å². The molecular weight excluding hydrogens is 272 g/mol. The SMILES string of the molecule is Cc1cc2nc(CN)n(Cc3ccc(C#N)cc3)c2cc1C. The highest BCUT2D eigenvalue weighted by molar-refractivity contribution is 5.78. The van der Waals surface area contributed by atoms with Crippen LogP contribution in [0.15, 0.2) is 36.4 Å². The second kappa shape index (κ2) is 5.63. The van der Waals surface area contributed by atoms with Gasteiger partial charge >= 0.3 is 0 Å². The molecule has 0 fully saturated rings. The molecule has 0 unspecified atom stereocenters. The van der Waals surface area contributed by atoms with Gasteiger partial charge in [0.25, 0.3) is 0 Å². The fourth-order valence-electron chi connectivity index (χ4n) is 2.63.